The monoisotopic (exact) mass is 324 g/mol. The van der Waals surface area contributed by atoms with Gasteiger partial charge >= 0.3 is 0 Å². The van der Waals surface area contributed by atoms with Crippen molar-refractivity contribution < 1.29 is 5.11 Å². The highest BCUT2D eigenvalue weighted by Crippen LogP contribution is 2.23. The molecule has 0 saturated carbocycles. The van der Waals surface area contributed by atoms with Gasteiger partial charge in [0.25, 0.3) is 5.56 Å². The molecule has 3 aromatic rings. The highest BCUT2D eigenvalue weighted by Gasteiger charge is 2.15. The van der Waals surface area contributed by atoms with Crippen molar-refractivity contribution in [1.29, 1.82) is 0 Å². The van der Waals surface area contributed by atoms with E-state index < -0.39 is 0 Å². The summed E-state index contributed by atoms with van der Waals surface area (Å²) in [6, 6.07) is 12.1. The predicted octanol–water partition coefficient (Wildman–Crippen LogP) is 2.58. The molecule has 0 aliphatic carbocycles. The number of nitrogens with zero attached hydrogens (tertiary/aromatic N) is 5. The van der Waals surface area contributed by atoms with E-state index in [1.807, 2.05) is 30.3 Å². The highest BCUT2D eigenvalue weighted by molar-refractivity contribution is 5.50. The lowest BCUT2D eigenvalue weighted by molar-refractivity contribution is 0.476. The molecule has 0 saturated heterocycles. The SMILES string of the molecule is Cc1c(N=Nc2ccc(O)c(N)n2)c(=O)n(-c2ccccc2)n1C. The lowest BCUT2D eigenvalue weighted by Gasteiger charge is -2.07. The van der Waals surface area contributed by atoms with Gasteiger partial charge in [-0.2, -0.15) is 0 Å². The second-order valence-corrected chi connectivity index (χ2v) is 5.18. The Labute approximate surface area is 137 Å². The third-order valence-electron chi connectivity index (χ3n) is 3.66. The maximum atomic E-state index is 12.7. The van der Waals surface area contributed by atoms with Gasteiger partial charge in [-0.1, -0.05) is 18.2 Å². The number of para-hydroxylation sites is 1. The van der Waals surface area contributed by atoms with Gasteiger partial charge in [0.2, 0.25) is 0 Å². The summed E-state index contributed by atoms with van der Waals surface area (Å²) in [6.45, 7) is 1.79. The summed E-state index contributed by atoms with van der Waals surface area (Å²) < 4.78 is 3.23. The molecule has 0 radical (unpaired) electrons. The second kappa shape index (κ2) is 5.99. The molecule has 8 heteroatoms. The summed E-state index contributed by atoms with van der Waals surface area (Å²) in [5.41, 5.74) is 6.86. The Morgan fingerprint density at radius 2 is 1.83 bits per heavy atom. The fourth-order valence-corrected chi connectivity index (χ4v) is 2.28. The van der Waals surface area contributed by atoms with E-state index in [4.69, 9.17) is 5.73 Å². The lowest BCUT2D eigenvalue weighted by Crippen LogP contribution is -2.19. The van der Waals surface area contributed by atoms with Gasteiger partial charge in [-0.05, 0) is 31.2 Å². The Kier molecular flexibility index (Phi) is 3.87. The minimum atomic E-state index is -0.281. The molecule has 0 spiro atoms. The summed E-state index contributed by atoms with van der Waals surface area (Å²) in [6.07, 6.45) is 0. The summed E-state index contributed by atoms with van der Waals surface area (Å²) in [4.78, 5) is 16.5. The number of rotatable bonds is 3. The highest BCUT2D eigenvalue weighted by atomic mass is 16.3. The summed E-state index contributed by atoms with van der Waals surface area (Å²) >= 11 is 0. The molecule has 0 aliphatic rings. The van der Waals surface area contributed by atoms with Crippen LogP contribution in [0, 0.1) is 6.92 Å². The van der Waals surface area contributed by atoms with Gasteiger partial charge in [0.1, 0.15) is 0 Å². The first kappa shape index (κ1) is 15.5. The van der Waals surface area contributed by atoms with Gasteiger partial charge in [0, 0.05) is 7.05 Å². The Bertz CT molecular complexity index is 972. The first-order valence-corrected chi connectivity index (χ1v) is 7.20. The maximum Gasteiger partial charge on any atom is 0.299 e. The van der Waals surface area contributed by atoms with Crippen molar-refractivity contribution >= 4 is 17.3 Å². The lowest BCUT2D eigenvalue weighted by atomic mass is 10.3. The van der Waals surface area contributed by atoms with E-state index in [-0.39, 0.29) is 28.6 Å². The standard InChI is InChI=1S/C16H16N6O2/c1-10-14(20-19-13-9-8-12(23)15(17)18-13)16(24)22(21(10)2)11-6-4-3-5-7-11/h3-9,23H,1-2H3,(H2,17,18). The zero-order valence-corrected chi connectivity index (χ0v) is 13.2. The van der Waals surface area contributed by atoms with E-state index >= 15 is 0 Å². The number of nitrogen functional groups attached to an aromatic ring is 1. The quantitative estimate of drug-likeness (QED) is 0.721. The average Bonchev–Trinajstić information content (AvgIpc) is 2.79. The third-order valence-corrected chi connectivity index (χ3v) is 3.66. The molecule has 0 atom stereocenters. The molecule has 3 N–H and O–H groups in total. The molecule has 1 aromatic carbocycles. The maximum absolute atomic E-state index is 12.7. The van der Waals surface area contributed by atoms with Gasteiger partial charge in [-0.3, -0.25) is 9.48 Å². The second-order valence-electron chi connectivity index (χ2n) is 5.18. The van der Waals surface area contributed by atoms with E-state index in [0.29, 0.717) is 5.69 Å². The number of aromatic nitrogens is 3. The smallest absolute Gasteiger partial charge is 0.299 e. The van der Waals surface area contributed by atoms with Crippen molar-refractivity contribution in [2.75, 3.05) is 5.73 Å². The third kappa shape index (κ3) is 2.65. The molecule has 2 aromatic heterocycles. The van der Waals surface area contributed by atoms with E-state index in [1.165, 1.54) is 16.8 Å². The molecule has 0 unspecified atom stereocenters. The van der Waals surface area contributed by atoms with Gasteiger partial charge in [-0.15, -0.1) is 10.2 Å². The van der Waals surface area contributed by atoms with E-state index in [2.05, 4.69) is 15.2 Å². The van der Waals surface area contributed by atoms with Crippen molar-refractivity contribution in [3.8, 4) is 11.4 Å². The number of aromatic hydroxyl groups is 1. The van der Waals surface area contributed by atoms with Crippen LogP contribution >= 0.6 is 0 Å². The fourth-order valence-electron chi connectivity index (χ4n) is 2.28. The van der Waals surface area contributed by atoms with E-state index in [9.17, 15) is 9.90 Å². The summed E-state index contributed by atoms with van der Waals surface area (Å²) in [5, 5.41) is 17.3. The first-order valence-electron chi connectivity index (χ1n) is 7.20. The number of hydrogen-bond donors (Lipinski definition) is 2. The van der Waals surface area contributed by atoms with Gasteiger partial charge in [0.15, 0.2) is 23.1 Å². The number of nitrogens with two attached hydrogens (primary N) is 1. The normalized spacial score (nSPS) is 11.2. The molecule has 0 amide bonds. The molecule has 0 bridgehead atoms. The molecule has 24 heavy (non-hydrogen) atoms. The zero-order valence-electron chi connectivity index (χ0n) is 13.2. The Morgan fingerprint density at radius 3 is 2.50 bits per heavy atom. The van der Waals surface area contributed by atoms with Crippen LogP contribution in [0.4, 0.5) is 17.3 Å². The van der Waals surface area contributed by atoms with Crippen molar-refractivity contribution in [3.05, 3.63) is 58.5 Å². The molecular formula is C16H16N6O2. The van der Waals surface area contributed by atoms with Gasteiger partial charge < -0.3 is 10.8 Å². The number of hydrogen-bond acceptors (Lipinski definition) is 6. The Morgan fingerprint density at radius 1 is 1.12 bits per heavy atom. The minimum absolute atomic E-state index is 0.0436. The average molecular weight is 324 g/mol. The fraction of sp³-hybridized carbons (Fsp3) is 0.125. The van der Waals surface area contributed by atoms with Crippen molar-refractivity contribution in [1.82, 2.24) is 14.3 Å². The molecule has 0 aliphatic heterocycles. The first-order chi connectivity index (χ1) is 11.5. The van der Waals surface area contributed by atoms with Crippen LogP contribution in [0.25, 0.3) is 5.69 Å². The van der Waals surface area contributed by atoms with Crippen molar-refractivity contribution in [2.45, 2.75) is 6.92 Å². The van der Waals surface area contributed by atoms with Crippen LogP contribution in [-0.4, -0.2) is 19.5 Å². The summed E-state index contributed by atoms with van der Waals surface area (Å²) in [7, 11) is 1.78. The Hall–Kier alpha value is -3.42. The number of benzene rings is 1. The molecule has 3 rings (SSSR count). The van der Waals surface area contributed by atoms with Crippen LogP contribution in [0.5, 0.6) is 5.75 Å². The van der Waals surface area contributed by atoms with Crippen LogP contribution < -0.4 is 11.3 Å². The van der Waals surface area contributed by atoms with Crippen LogP contribution in [0.2, 0.25) is 0 Å². The van der Waals surface area contributed by atoms with Crippen LogP contribution in [0.1, 0.15) is 5.69 Å². The molecule has 122 valence electrons. The minimum Gasteiger partial charge on any atom is -0.504 e. The molecule has 0 fully saturated rings. The summed E-state index contributed by atoms with van der Waals surface area (Å²) in [5.74, 6) is 0.0356. The largest absolute Gasteiger partial charge is 0.504 e. The van der Waals surface area contributed by atoms with Gasteiger partial charge in [0.05, 0.1) is 11.4 Å². The number of pyridine rings is 1. The predicted molar refractivity (Wildman–Crippen MR) is 90.2 cm³/mol. The molecular weight excluding hydrogens is 308 g/mol. The van der Waals surface area contributed by atoms with E-state index in [0.717, 1.165) is 5.69 Å². The van der Waals surface area contributed by atoms with Crippen molar-refractivity contribution in [2.24, 2.45) is 17.3 Å². The Balaban J connectivity index is 2.05. The van der Waals surface area contributed by atoms with Crippen molar-refractivity contribution in [3.63, 3.8) is 0 Å². The van der Waals surface area contributed by atoms with E-state index in [1.54, 1.807) is 18.7 Å². The number of azo groups is 1. The topological polar surface area (TPSA) is 111 Å². The van der Waals surface area contributed by atoms with Crippen LogP contribution in [-0.2, 0) is 7.05 Å². The van der Waals surface area contributed by atoms with Gasteiger partial charge in [-0.25, -0.2) is 9.67 Å². The number of anilines is 1. The molecule has 8 nitrogen and oxygen atoms in total. The van der Waals surface area contributed by atoms with Crippen LogP contribution in [0.3, 0.4) is 0 Å². The zero-order chi connectivity index (χ0) is 17.3. The van der Waals surface area contributed by atoms with Crippen LogP contribution in [0.15, 0.2) is 57.5 Å². The molecule has 2 heterocycles.